The van der Waals surface area contributed by atoms with E-state index in [1.807, 2.05) is 0 Å². The van der Waals surface area contributed by atoms with Crippen molar-refractivity contribution in [3.63, 3.8) is 0 Å². The second-order valence-corrected chi connectivity index (χ2v) is 5.04. The smallest absolute Gasteiger partial charge is 0.257 e. The highest BCUT2D eigenvalue weighted by molar-refractivity contribution is 5.98. The third kappa shape index (κ3) is 3.05. The number of ether oxygens (including phenoxy) is 3. The number of rotatable bonds is 4. The van der Waals surface area contributed by atoms with Crippen LogP contribution in [0.5, 0.6) is 17.2 Å². The molecule has 21 heavy (non-hydrogen) atoms. The van der Waals surface area contributed by atoms with Gasteiger partial charge < -0.3 is 24.8 Å². The van der Waals surface area contributed by atoms with E-state index in [0.29, 0.717) is 35.9 Å². The van der Waals surface area contributed by atoms with Gasteiger partial charge >= 0.3 is 0 Å². The molecule has 2 N–H and O–H groups in total. The predicted octanol–water partition coefficient (Wildman–Crippen LogP) is 1.28. The van der Waals surface area contributed by atoms with E-state index in [9.17, 15) is 4.79 Å². The summed E-state index contributed by atoms with van der Waals surface area (Å²) in [7, 11) is 4.57. The number of carbonyl (C=O) groups is 1. The molecule has 6 nitrogen and oxygen atoms in total. The van der Waals surface area contributed by atoms with Crippen molar-refractivity contribution in [3.8, 4) is 17.2 Å². The van der Waals surface area contributed by atoms with Gasteiger partial charge in [-0.25, -0.2) is 0 Å². The van der Waals surface area contributed by atoms with E-state index < -0.39 is 0 Å². The van der Waals surface area contributed by atoms with Gasteiger partial charge in [0.25, 0.3) is 5.91 Å². The summed E-state index contributed by atoms with van der Waals surface area (Å²) in [6.45, 7) is 1.28. The lowest BCUT2D eigenvalue weighted by Crippen LogP contribution is -2.45. The number of nitrogens with zero attached hydrogens (tertiary/aromatic N) is 1. The number of methoxy groups -OCH3 is 3. The van der Waals surface area contributed by atoms with Crippen LogP contribution < -0.4 is 19.9 Å². The predicted molar refractivity (Wildman–Crippen MR) is 79.2 cm³/mol. The number of nitrogens with two attached hydrogens (primary N) is 1. The zero-order valence-electron chi connectivity index (χ0n) is 12.7. The molecule has 0 saturated carbocycles. The zero-order valence-corrected chi connectivity index (χ0v) is 12.7. The third-order valence-electron chi connectivity index (χ3n) is 3.68. The molecule has 1 atom stereocenters. The van der Waals surface area contributed by atoms with E-state index >= 15 is 0 Å². The van der Waals surface area contributed by atoms with E-state index in [-0.39, 0.29) is 11.9 Å². The number of benzene rings is 1. The average Bonchev–Trinajstić information content (AvgIpc) is 2.52. The highest BCUT2D eigenvalue weighted by Crippen LogP contribution is 2.40. The molecule has 1 aliphatic heterocycles. The Kier molecular flexibility index (Phi) is 4.90. The van der Waals surface area contributed by atoms with Gasteiger partial charge in [-0.3, -0.25) is 4.79 Å². The van der Waals surface area contributed by atoms with E-state index in [1.54, 1.807) is 24.1 Å². The molecule has 116 valence electrons. The minimum absolute atomic E-state index is 0.0360. The largest absolute Gasteiger partial charge is 0.493 e. The number of hydrogen-bond donors (Lipinski definition) is 1. The van der Waals surface area contributed by atoms with Crippen LogP contribution >= 0.6 is 0 Å². The summed E-state index contributed by atoms with van der Waals surface area (Å²) >= 11 is 0. The Hall–Kier alpha value is -1.95. The lowest BCUT2D eigenvalue weighted by Gasteiger charge is -2.31. The van der Waals surface area contributed by atoms with Crippen LogP contribution in [0, 0.1) is 0 Å². The van der Waals surface area contributed by atoms with Crippen molar-refractivity contribution in [2.45, 2.75) is 18.9 Å². The molecule has 0 aliphatic carbocycles. The van der Waals surface area contributed by atoms with Crippen molar-refractivity contribution in [1.29, 1.82) is 0 Å². The first-order valence-electron chi connectivity index (χ1n) is 6.96. The first kappa shape index (κ1) is 15.4. The summed E-state index contributed by atoms with van der Waals surface area (Å²) < 4.78 is 15.9. The molecule has 1 fully saturated rings. The molecule has 6 heteroatoms. The van der Waals surface area contributed by atoms with Crippen molar-refractivity contribution in [1.82, 2.24) is 4.90 Å². The lowest BCUT2D eigenvalue weighted by molar-refractivity contribution is 0.0704. The highest BCUT2D eigenvalue weighted by Gasteiger charge is 2.27. The van der Waals surface area contributed by atoms with E-state index in [1.165, 1.54) is 14.2 Å². The molecule has 1 aliphatic rings. The fourth-order valence-corrected chi connectivity index (χ4v) is 2.63. The molecule has 0 aromatic heterocycles. The molecule has 0 unspecified atom stereocenters. The van der Waals surface area contributed by atoms with Crippen molar-refractivity contribution >= 4 is 5.91 Å². The normalized spacial score (nSPS) is 18.3. The Morgan fingerprint density at radius 3 is 2.48 bits per heavy atom. The third-order valence-corrected chi connectivity index (χ3v) is 3.68. The summed E-state index contributed by atoms with van der Waals surface area (Å²) in [5.74, 6) is 1.25. The van der Waals surface area contributed by atoms with Crippen LogP contribution in [0.15, 0.2) is 12.1 Å². The Bertz CT molecular complexity index is 519. The minimum atomic E-state index is -0.0945. The van der Waals surface area contributed by atoms with Gasteiger partial charge in [-0.15, -0.1) is 0 Å². The molecule has 1 saturated heterocycles. The van der Waals surface area contributed by atoms with Gasteiger partial charge in [0.05, 0.1) is 26.9 Å². The molecule has 1 heterocycles. The maximum Gasteiger partial charge on any atom is 0.257 e. The molecule has 0 bridgehead atoms. The molecular formula is C15H22N2O4. The molecule has 0 spiro atoms. The quantitative estimate of drug-likeness (QED) is 0.905. The van der Waals surface area contributed by atoms with Gasteiger partial charge in [-0.2, -0.15) is 0 Å². The van der Waals surface area contributed by atoms with Gasteiger partial charge in [0.2, 0.25) is 5.75 Å². The Morgan fingerprint density at radius 2 is 1.90 bits per heavy atom. The molecule has 1 amide bonds. The van der Waals surface area contributed by atoms with Crippen molar-refractivity contribution < 1.29 is 19.0 Å². The van der Waals surface area contributed by atoms with Gasteiger partial charge in [0, 0.05) is 19.1 Å². The molecular weight excluding hydrogens is 272 g/mol. The summed E-state index contributed by atoms with van der Waals surface area (Å²) in [6, 6.07) is 3.44. The SMILES string of the molecule is COc1ccc(C(=O)N2CCC[C@@H](N)C2)c(OC)c1OC. The molecule has 1 aromatic rings. The zero-order chi connectivity index (χ0) is 15.4. The van der Waals surface area contributed by atoms with Crippen LogP contribution in [0.3, 0.4) is 0 Å². The van der Waals surface area contributed by atoms with Gasteiger partial charge in [0.1, 0.15) is 0 Å². The first-order valence-corrected chi connectivity index (χ1v) is 6.96. The van der Waals surface area contributed by atoms with Crippen LogP contribution in [0.4, 0.5) is 0 Å². The first-order chi connectivity index (χ1) is 10.1. The van der Waals surface area contributed by atoms with Gasteiger partial charge in [0.15, 0.2) is 11.5 Å². The summed E-state index contributed by atoms with van der Waals surface area (Å²) in [5.41, 5.74) is 6.41. The van der Waals surface area contributed by atoms with Gasteiger partial charge in [-0.1, -0.05) is 0 Å². The van der Waals surface area contributed by atoms with Crippen LogP contribution in [-0.2, 0) is 0 Å². The monoisotopic (exact) mass is 294 g/mol. The maximum atomic E-state index is 12.7. The number of piperidine rings is 1. The minimum Gasteiger partial charge on any atom is -0.493 e. The lowest BCUT2D eigenvalue weighted by atomic mass is 10.0. The number of likely N-dealkylation sites (tertiary alicyclic amines) is 1. The van der Waals surface area contributed by atoms with E-state index in [0.717, 1.165) is 12.8 Å². The maximum absolute atomic E-state index is 12.7. The number of carbonyl (C=O) groups excluding carboxylic acids is 1. The number of hydrogen-bond acceptors (Lipinski definition) is 5. The topological polar surface area (TPSA) is 74.0 Å². The van der Waals surface area contributed by atoms with E-state index in [2.05, 4.69) is 0 Å². The summed E-state index contributed by atoms with van der Waals surface area (Å²) in [5, 5.41) is 0. The fourth-order valence-electron chi connectivity index (χ4n) is 2.63. The van der Waals surface area contributed by atoms with Crippen LogP contribution in [0.2, 0.25) is 0 Å². The fraction of sp³-hybridized carbons (Fsp3) is 0.533. The van der Waals surface area contributed by atoms with Crippen molar-refractivity contribution in [2.24, 2.45) is 5.73 Å². The Balaban J connectivity index is 2.36. The molecule has 0 radical (unpaired) electrons. The Labute approximate surface area is 124 Å². The number of amides is 1. The van der Waals surface area contributed by atoms with E-state index in [4.69, 9.17) is 19.9 Å². The second kappa shape index (κ2) is 6.67. The highest BCUT2D eigenvalue weighted by atomic mass is 16.5. The molecule has 1 aromatic carbocycles. The average molecular weight is 294 g/mol. The standard InChI is InChI=1S/C15H22N2O4/c1-19-12-7-6-11(13(20-2)14(12)21-3)15(18)17-8-4-5-10(16)9-17/h6-7,10H,4-5,8-9,16H2,1-3H3/t10-/m1/s1. The van der Waals surface area contributed by atoms with Crippen LogP contribution in [0.1, 0.15) is 23.2 Å². The molecule has 2 rings (SSSR count). The van der Waals surface area contributed by atoms with Gasteiger partial charge in [-0.05, 0) is 25.0 Å². The Morgan fingerprint density at radius 1 is 1.19 bits per heavy atom. The van der Waals surface area contributed by atoms with Crippen molar-refractivity contribution in [3.05, 3.63) is 17.7 Å². The summed E-state index contributed by atoms with van der Waals surface area (Å²) in [6.07, 6.45) is 1.87. The van der Waals surface area contributed by atoms with Crippen LogP contribution in [0.25, 0.3) is 0 Å². The second-order valence-electron chi connectivity index (χ2n) is 5.04. The van der Waals surface area contributed by atoms with Crippen LogP contribution in [-0.4, -0.2) is 51.3 Å². The summed E-state index contributed by atoms with van der Waals surface area (Å²) in [4.78, 5) is 14.4. The van der Waals surface area contributed by atoms with Crippen molar-refractivity contribution in [2.75, 3.05) is 34.4 Å².